The summed E-state index contributed by atoms with van der Waals surface area (Å²) in [6.07, 6.45) is 0.526. The summed E-state index contributed by atoms with van der Waals surface area (Å²) in [6.45, 7) is 1.18. The van der Waals surface area contributed by atoms with Crippen LogP contribution in [0.25, 0.3) is 11.1 Å². The van der Waals surface area contributed by atoms with E-state index in [4.69, 9.17) is 4.74 Å². The number of ether oxygens (including phenoxy) is 1. The average molecular weight is 351 g/mol. The van der Waals surface area contributed by atoms with Gasteiger partial charge in [-0.1, -0.05) is 48.5 Å². The van der Waals surface area contributed by atoms with Gasteiger partial charge in [0.05, 0.1) is 0 Å². The molecule has 0 aromatic heterocycles. The molecule has 0 amide bonds. The Balaban J connectivity index is 1.58. The largest absolute Gasteiger partial charge is 0.480 e. The zero-order valence-corrected chi connectivity index (χ0v) is 14.4. The lowest BCUT2D eigenvalue weighted by molar-refractivity contribution is -0.171. The molecule has 0 spiro atoms. The van der Waals surface area contributed by atoms with Crippen LogP contribution in [-0.2, 0) is 14.3 Å². The standard InChI is InChI=1S/C21H21NO4/c23-19(24)21(9-11-22-12-10-21)20(25)26-13-18-16-7-3-1-5-14(16)15-6-2-4-8-17(15)18/h1-8,18,22H,9-13H2,(H,23,24). The van der Waals surface area contributed by atoms with Crippen molar-refractivity contribution < 1.29 is 19.4 Å². The monoisotopic (exact) mass is 351 g/mol. The van der Waals surface area contributed by atoms with Gasteiger partial charge in [-0.2, -0.15) is 0 Å². The lowest BCUT2D eigenvalue weighted by Gasteiger charge is -2.31. The number of hydrogen-bond donors (Lipinski definition) is 2. The molecule has 1 saturated heterocycles. The fourth-order valence-corrected chi connectivity index (χ4v) is 4.10. The average Bonchev–Trinajstić information content (AvgIpc) is 3.00. The molecule has 1 heterocycles. The highest BCUT2D eigenvalue weighted by Gasteiger charge is 2.48. The molecule has 2 N–H and O–H groups in total. The fraction of sp³-hybridized carbons (Fsp3) is 0.333. The van der Waals surface area contributed by atoms with E-state index in [1.165, 1.54) is 0 Å². The van der Waals surface area contributed by atoms with Crippen molar-refractivity contribution in [1.82, 2.24) is 5.32 Å². The van der Waals surface area contributed by atoms with Crippen LogP contribution in [0.5, 0.6) is 0 Å². The first-order chi connectivity index (χ1) is 12.6. The Morgan fingerprint density at radius 1 is 1.00 bits per heavy atom. The first kappa shape index (κ1) is 16.8. The van der Waals surface area contributed by atoms with Gasteiger partial charge in [0.2, 0.25) is 0 Å². The minimum absolute atomic E-state index is 0.0566. The van der Waals surface area contributed by atoms with Crippen molar-refractivity contribution in [2.24, 2.45) is 5.41 Å². The van der Waals surface area contributed by atoms with Crippen molar-refractivity contribution in [3.05, 3.63) is 59.7 Å². The number of nitrogens with one attached hydrogen (secondary N) is 1. The summed E-state index contributed by atoms with van der Waals surface area (Å²) in [5.74, 6) is -1.76. The molecule has 26 heavy (non-hydrogen) atoms. The molecule has 1 aliphatic carbocycles. The Labute approximate surface area is 152 Å². The van der Waals surface area contributed by atoms with E-state index in [1.807, 2.05) is 36.4 Å². The first-order valence-corrected chi connectivity index (χ1v) is 8.93. The SMILES string of the molecule is O=C(O)C1(C(=O)OCC2c3ccccc3-c3ccccc32)CCNCC1. The molecule has 1 fully saturated rings. The lowest BCUT2D eigenvalue weighted by Crippen LogP contribution is -2.48. The third-order valence-corrected chi connectivity index (χ3v) is 5.60. The Kier molecular flexibility index (Phi) is 4.24. The number of carbonyl (C=O) groups excluding carboxylic acids is 1. The van der Waals surface area contributed by atoms with Gasteiger partial charge in [0.15, 0.2) is 5.41 Å². The van der Waals surface area contributed by atoms with Crippen LogP contribution < -0.4 is 5.32 Å². The van der Waals surface area contributed by atoms with E-state index in [0.29, 0.717) is 13.1 Å². The molecule has 0 bridgehead atoms. The fourth-order valence-electron chi connectivity index (χ4n) is 4.10. The maximum atomic E-state index is 12.7. The summed E-state index contributed by atoms with van der Waals surface area (Å²) in [6, 6.07) is 16.2. The number of piperidine rings is 1. The zero-order valence-electron chi connectivity index (χ0n) is 14.4. The Hall–Kier alpha value is -2.66. The van der Waals surface area contributed by atoms with E-state index in [1.54, 1.807) is 0 Å². The third kappa shape index (κ3) is 2.59. The van der Waals surface area contributed by atoms with E-state index in [9.17, 15) is 14.7 Å². The van der Waals surface area contributed by atoms with Crippen LogP contribution >= 0.6 is 0 Å². The minimum Gasteiger partial charge on any atom is -0.480 e. The lowest BCUT2D eigenvalue weighted by atomic mass is 9.79. The normalized spacial score (nSPS) is 18.0. The van der Waals surface area contributed by atoms with Gasteiger partial charge in [0.25, 0.3) is 0 Å². The van der Waals surface area contributed by atoms with E-state index in [2.05, 4.69) is 17.4 Å². The Morgan fingerprint density at radius 3 is 2.08 bits per heavy atom. The molecule has 5 nitrogen and oxygen atoms in total. The highest BCUT2D eigenvalue weighted by atomic mass is 16.5. The van der Waals surface area contributed by atoms with Crippen LogP contribution in [-0.4, -0.2) is 36.7 Å². The highest BCUT2D eigenvalue weighted by molar-refractivity contribution is 5.99. The number of carboxylic acids is 1. The van der Waals surface area contributed by atoms with Crippen LogP contribution in [0.2, 0.25) is 0 Å². The van der Waals surface area contributed by atoms with E-state index in [0.717, 1.165) is 22.3 Å². The van der Waals surface area contributed by atoms with E-state index < -0.39 is 17.4 Å². The molecule has 4 rings (SSSR count). The van der Waals surface area contributed by atoms with Gasteiger partial charge in [0, 0.05) is 5.92 Å². The predicted molar refractivity (Wildman–Crippen MR) is 96.9 cm³/mol. The van der Waals surface area contributed by atoms with Gasteiger partial charge in [-0.25, -0.2) is 0 Å². The number of carbonyl (C=O) groups is 2. The first-order valence-electron chi connectivity index (χ1n) is 8.93. The molecule has 0 saturated carbocycles. The molecular weight excluding hydrogens is 330 g/mol. The highest BCUT2D eigenvalue weighted by Crippen LogP contribution is 2.44. The van der Waals surface area contributed by atoms with Crippen molar-refractivity contribution in [2.75, 3.05) is 19.7 Å². The van der Waals surface area contributed by atoms with Gasteiger partial charge in [-0.3, -0.25) is 9.59 Å². The topological polar surface area (TPSA) is 75.6 Å². The molecule has 5 heteroatoms. The van der Waals surface area contributed by atoms with Gasteiger partial charge in [-0.15, -0.1) is 0 Å². The maximum Gasteiger partial charge on any atom is 0.323 e. The number of benzene rings is 2. The summed E-state index contributed by atoms with van der Waals surface area (Å²) >= 11 is 0. The number of hydrogen-bond acceptors (Lipinski definition) is 4. The summed E-state index contributed by atoms with van der Waals surface area (Å²) in [5, 5.41) is 12.7. The summed E-state index contributed by atoms with van der Waals surface area (Å²) < 4.78 is 5.60. The summed E-state index contributed by atoms with van der Waals surface area (Å²) in [7, 11) is 0. The zero-order chi connectivity index (χ0) is 18.1. The smallest absolute Gasteiger partial charge is 0.323 e. The van der Waals surface area contributed by atoms with Crippen molar-refractivity contribution in [3.8, 4) is 11.1 Å². The van der Waals surface area contributed by atoms with Crippen molar-refractivity contribution in [3.63, 3.8) is 0 Å². The van der Waals surface area contributed by atoms with Crippen LogP contribution in [0, 0.1) is 5.41 Å². The summed E-state index contributed by atoms with van der Waals surface area (Å²) in [5.41, 5.74) is 3.12. The van der Waals surface area contributed by atoms with Gasteiger partial charge < -0.3 is 15.2 Å². The second-order valence-electron chi connectivity index (χ2n) is 6.96. The predicted octanol–water partition coefficient (Wildman–Crippen LogP) is 2.80. The second kappa shape index (κ2) is 6.57. The second-order valence-corrected chi connectivity index (χ2v) is 6.96. The van der Waals surface area contributed by atoms with Gasteiger partial charge in [-0.05, 0) is 48.2 Å². The molecule has 2 aliphatic rings. The molecule has 1 aliphatic heterocycles. The van der Waals surface area contributed by atoms with E-state index in [-0.39, 0.29) is 25.4 Å². The maximum absolute atomic E-state index is 12.7. The number of carboxylic acid groups (broad SMARTS) is 1. The van der Waals surface area contributed by atoms with Crippen molar-refractivity contribution >= 4 is 11.9 Å². The van der Waals surface area contributed by atoms with Crippen molar-refractivity contribution in [2.45, 2.75) is 18.8 Å². The number of aliphatic carboxylic acids is 1. The Morgan fingerprint density at radius 2 is 1.54 bits per heavy atom. The molecule has 134 valence electrons. The third-order valence-electron chi connectivity index (χ3n) is 5.60. The minimum atomic E-state index is -1.43. The Bertz CT molecular complexity index is 809. The van der Waals surface area contributed by atoms with Gasteiger partial charge >= 0.3 is 11.9 Å². The molecule has 2 aromatic rings. The summed E-state index contributed by atoms with van der Waals surface area (Å²) in [4.78, 5) is 24.5. The van der Waals surface area contributed by atoms with Crippen LogP contribution in [0.3, 0.4) is 0 Å². The van der Waals surface area contributed by atoms with Crippen LogP contribution in [0.15, 0.2) is 48.5 Å². The molecule has 0 radical (unpaired) electrons. The molecule has 0 atom stereocenters. The molecular formula is C21H21NO4. The quantitative estimate of drug-likeness (QED) is 0.654. The number of fused-ring (bicyclic) bond motifs is 3. The van der Waals surface area contributed by atoms with Crippen molar-refractivity contribution in [1.29, 1.82) is 0 Å². The van der Waals surface area contributed by atoms with Crippen LogP contribution in [0.4, 0.5) is 0 Å². The molecule has 2 aromatic carbocycles. The van der Waals surface area contributed by atoms with E-state index >= 15 is 0 Å². The molecule has 0 unspecified atom stereocenters. The number of esters is 1. The number of rotatable bonds is 4. The van der Waals surface area contributed by atoms with Gasteiger partial charge in [0.1, 0.15) is 6.61 Å². The van der Waals surface area contributed by atoms with Crippen LogP contribution in [0.1, 0.15) is 29.9 Å².